The van der Waals surface area contributed by atoms with Crippen molar-refractivity contribution in [1.29, 1.82) is 0 Å². The number of hydrogen-bond acceptors (Lipinski definition) is 4. The van der Waals surface area contributed by atoms with E-state index in [9.17, 15) is 9.59 Å². The van der Waals surface area contributed by atoms with Gasteiger partial charge in [0.15, 0.2) is 0 Å². The Bertz CT molecular complexity index is 715. The van der Waals surface area contributed by atoms with Gasteiger partial charge in [-0.1, -0.05) is 6.07 Å². The fourth-order valence-electron chi connectivity index (χ4n) is 1.99. The van der Waals surface area contributed by atoms with E-state index in [1.807, 2.05) is 0 Å². The average molecular weight is 272 g/mol. The predicted octanol–water partition coefficient (Wildman–Crippen LogP) is 0.679. The topological polar surface area (TPSA) is 68.9 Å². The van der Waals surface area contributed by atoms with Gasteiger partial charge >= 0.3 is 0 Å². The Kier molecular flexibility index (Phi) is 3.37. The molecule has 0 bridgehead atoms. The third-order valence-corrected chi connectivity index (χ3v) is 3.27. The minimum absolute atomic E-state index is 0.0763. The third-order valence-electron chi connectivity index (χ3n) is 3.27. The molecule has 1 N–H and O–H groups in total. The molecule has 0 atom stereocenters. The number of pyridine rings is 1. The van der Waals surface area contributed by atoms with Crippen LogP contribution in [0.4, 0.5) is 5.69 Å². The molecule has 1 fully saturated rings. The lowest BCUT2D eigenvalue weighted by Gasteiger charge is -2.08. The van der Waals surface area contributed by atoms with Crippen LogP contribution in [0.1, 0.15) is 12.8 Å². The summed E-state index contributed by atoms with van der Waals surface area (Å²) < 4.78 is 2.93. The van der Waals surface area contributed by atoms with Crippen molar-refractivity contribution < 1.29 is 0 Å². The van der Waals surface area contributed by atoms with E-state index in [-0.39, 0.29) is 11.1 Å². The predicted molar refractivity (Wildman–Crippen MR) is 75.8 cm³/mol. The summed E-state index contributed by atoms with van der Waals surface area (Å²) in [7, 11) is 0. The molecule has 2 heterocycles. The highest BCUT2D eigenvalue weighted by Crippen LogP contribution is 2.23. The zero-order chi connectivity index (χ0) is 13.9. The summed E-state index contributed by atoms with van der Waals surface area (Å²) in [4.78, 5) is 23.5. The van der Waals surface area contributed by atoms with Gasteiger partial charge < -0.3 is 9.88 Å². The fourth-order valence-corrected chi connectivity index (χ4v) is 1.99. The van der Waals surface area contributed by atoms with Crippen molar-refractivity contribution in [1.82, 2.24) is 14.3 Å². The smallest absolute Gasteiger partial charge is 0.268 e. The molecular formula is C14H16N4O2. The van der Waals surface area contributed by atoms with Crippen LogP contribution < -0.4 is 16.4 Å². The summed E-state index contributed by atoms with van der Waals surface area (Å²) in [6.45, 7) is 0.814. The lowest BCUT2D eigenvalue weighted by atomic mass is 10.4. The van der Waals surface area contributed by atoms with Crippen LogP contribution >= 0.6 is 0 Å². The largest absolute Gasteiger partial charge is 0.381 e. The van der Waals surface area contributed by atoms with Crippen LogP contribution in [0.25, 0.3) is 0 Å². The zero-order valence-electron chi connectivity index (χ0n) is 11.0. The highest BCUT2D eigenvalue weighted by atomic mass is 16.1. The maximum atomic E-state index is 11.9. The normalized spacial score (nSPS) is 14.2. The SMILES string of the molecule is O=c1ccccn1CCn1ncc(NC2CC2)cc1=O. The van der Waals surface area contributed by atoms with Crippen molar-refractivity contribution >= 4 is 5.69 Å². The van der Waals surface area contributed by atoms with Gasteiger partial charge in [-0.15, -0.1) is 0 Å². The van der Waals surface area contributed by atoms with Crippen molar-refractivity contribution in [3.8, 4) is 0 Å². The van der Waals surface area contributed by atoms with Crippen molar-refractivity contribution in [2.75, 3.05) is 5.32 Å². The Morgan fingerprint density at radius 2 is 2.05 bits per heavy atom. The van der Waals surface area contributed by atoms with Crippen LogP contribution in [0.5, 0.6) is 0 Å². The van der Waals surface area contributed by atoms with Crippen LogP contribution in [-0.4, -0.2) is 20.4 Å². The van der Waals surface area contributed by atoms with E-state index in [0.717, 1.165) is 18.5 Å². The van der Waals surface area contributed by atoms with E-state index in [1.54, 1.807) is 35.2 Å². The maximum absolute atomic E-state index is 11.9. The molecule has 0 saturated heterocycles. The van der Waals surface area contributed by atoms with Gasteiger partial charge in [0.05, 0.1) is 18.4 Å². The van der Waals surface area contributed by atoms with Crippen LogP contribution in [0.2, 0.25) is 0 Å². The van der Waals surface area contributed by atoms with Crippen molar-refractivity contribution in [3.63, 3.8) is 0 Å². The molecule has 0 unspecified atom stereocenters. The third kappa shape index (κ3) is 2.96. The number of nitrogens with zero attached hydrogens (tertiary/aromatic N) is 3. The Hall–Kier alpha value is -2.37. The quantitative estimate of drug-likeness (QED) is 0.869. The summed E-state index contributed by atoms with van der Waals surface area (Å²) in [5.41, 5.74) is 0.540. The second-order valence-electron chi connectivity index (χ2n) is 4.96. The van der Waals surface area contributed by atoms with E-state index in [1.165, 1.54) is 10.7 Å². The molecule has 0 spiro atoms. The lowest BCUT2D eigenvalue weighted by molar-refractivity contribution is 0.503. The number of aromatic nitrogens is 3. The van der Waals surface area contributed by atoms with E-state index < -0.39 is 0 Å². The molecule has 0 aliphatic heterocycles. The van der Waals surface area contributed by atoms with Gasteiger partial charge in [-0.2, -0.15) is 5.10 Å². The first kappa shape index (κ1) is 12.7. The molecule has 20 heavy (non-hydrogen) atoms. The highest BCUT2D eigenvalue weighted by molar-refractivity contribution is 5.41. The summed E-state index contributed by atoms with van der Waals surface area (Å²) in [6.07, 6.45) is 5.67. The van der Waals surface area contributed by atoms with Crippen LogP contribution in [-0.2, 0) is 13.1 Å². The molecule has 0 radical (unpaired) electrons. The van der Waals surface area contributed by atoms with E-state index >= 15 is 0 Å². The first-order valence-electron chi connectivity index (χ1n) is 6.71. The van der Waals surface area contributed by atoms with E-state index in [4.69, 9.17) is 0 Å². The first-order chi connectivity index (χ1) is 9.72. The summed E-state index contributed by atoms with van der Waals surface area (Å²) in [6, 6.07) is 7.04. The van der Waals surface area contributed by atoms with E-state index in [2.05, 4.69) is 10.4 Å². The Labute approximate surface area is 115 Å². The van der Waals surface area contributed by atoms with Gasteiger partial charge in [-0.05, 0) is 18.9 Å². The minimum atomic E-state index is -0.153. The lowest BCUT2D eigenvalue weighted by Crippen LogP contribution is -2.27. The molecule has 1 aliphatic carbocycles. The van der Waals surface area contributed by atoms with Crippen molar-refractivity contribution in [3.05, 3.63) is 57.4 Å². The van der Waals surface area contributed by atoms with Crippen LogP contribution in [0.3, 0.4) is 0 Å². The molecule has 6 nitrogen and oxygen atoms in total. The zero-order valence-corrected chi connectivity index (χ0v) is 11.0. The van der Waals surface area contributed by atoms with Gasteiger partial charge in [0.1, 0.15) is 0 Å². The minimum Gasteiger partial charge on any atom is -0.381 e. The molecule has 2 aromatic rings. The monoisotopic (exact) mass is 272 g/mol. The van der Waals surface area contributed by atoms with Crippen molar-refractivity contribution in [2.45, 2.75) is 32.0 Å². The van der Waals surface area contributed by atoms with Gasteiger partial charge in [-0.3, -0.25) is 9.59 Å². The molecule has 0 aromatic carbocycles. The molecule has 0 amide bonds. The summed E-state index contributed by atoms with van der Waals surface area (Å²) in [5.74, 6) is 0. The summed E-state index contributed by atoms with van der Waals surface area (Å²) in [5, 5.41) is 7.37. The van der Waals surface area contributed by atoms with Gasteiger partial charge in [-0.25, -0.2) is 4.68 Å². The average Bonchev–Trinajstić information content (AvgIpc) is 3.23. The Morgan fingerprint density at radius 1 is 1.20 bits per heavy atom. The number of nitrogens with one attached hydrogen (secondary N) is 1. The molecular weight excluding hydrogens is 256 g/mol. The number of aryl methyl sites for hydroxylation is 2. The number of anilines is 1. The molecule has 1 saturated carbocycles. The van der Waals surface area contributed by atoms with Crippen LogP contribution in [0.15, 0.2) is 46.2 Å². The second-order valence-corrected chi connectivity index (χ2v) is 4.96. The standard InChI is InChI=1S/C14H16N4O2/c19-13-3-1-2-6-17(13)7-8-18-14(20)9-12(10-15-18)16-11-4-5-11/h1-3,6,9-11,16H,4-5,7-8H2. The number of rotatable bonds is 5. The molecule has 2 aromatic heterocycles. The van der Waals surface area contributed by atoms with E-state index in [0.29, 0.717) is 19.1 Å². The first-order valence-corrected chi connectivity index (χ1v) is 6.71. The molecule has 104 valence electrons. The fraction of sp³-hybridized carbons (Fsp3) is 0.357. The van der Waals surface area contributed by atoms with Gasteiger partial charge in [0.2, 0.25) is 0 Å². The Balaban J connectivity index is 1.69. The van der Waals surface area contributed by atoms with Crippen LogP contribution in [0, 0.1) is 0 Å². The summed E-state index contributed by atoms with van der Waals surface area (Å²) >= 11 is 0. The second kappa shape index (κ2) is 5.32. The van der Waals surface area contributed by atoms with Crippen molar-refractivity contribution in [2.24, 2.45) is 0 Å². The Morgan fingerprint density at radius 3 is 2.75 bits per heavy atom. The molecule has 6 heteroatoms. The molecule has 1 aliphatic rings. The van der Waals surface area contributed by atoms with Gasteiger partial charge in [0.25, 0.3) is 11.1 Å². The molecule has 3 rings (SSSR count). The number of hydrogen-bond donors (Lipinski definition) is 1. The maximum Gasteiger partial charge on any atom is 0.268 e. The highest BCUT2D eigenvalue weighted by Gasteiger charge is 2.20. The van der Waals surface area contributed by atoms with Gasteiger partial charge in [0, 0.05) is 30.9 Å².